The van der Waals surface area contributed by atoms with Gasteiger partial charge in [-0.1, -0.05) is 13.3 Å². The molecule has 0 amide bonds. The van der Waals surface area contributed by atoms with Crippen molar-refractivity contribution in [1.82, 2.24) is 4.72 Å². The molecule has 0 aliphatic heterocycles. The van der Waals surface area contributed by atoms with Gasteiger partial charge in [-0.25, -0.2) is 13.1 Å². The van der Waals surface area contributed by atoms with Gasteiger partial charge in [0.15, 0.2) is 0 Å². The van der Waals surface area contributed by atoms with E-state index in [0.717, 1.165) is 36.4 Å². The summed E-state index contributed by atoms with van der Waals surface area (Å²) in [7, 11) is -3.48. The van der Waals surface area contributed by atoms with Gasteiger partial charge in [0.2, 0.25) is 10.0 Å². The summed E-state index contributed by atoms with van der Waals surface area (Å²) in [6.45, 7) is 2.09. The van der Waals surface area contributed by atoms with Crippen LogP contribution < -0.4 is 4.72 Å². The lowest BCUT2D eigenvalue weighted by Gasteiger charge is -2.19. The smallest absolute Gasteiger partial charge is 0.206 e. The van der Waals surface area contributed by atoms with Crippen LogP contribution in [0.4, 0.5) is 0 Å². The van der Waals surface area contributed by atoms with Crippen molar-refractivity contribution in [3.05, 3.63) is 17.0 Å². The van der Waals surface area contributed by atoms with Crippen LogP contribution in [0.25, 0.3) is 0 Å². The van der Waals surface area contributed by atoms with Crippen LogP contribution in [-0.4, -0.2) is 25.5 Å². The first kappa shape index (κ1) is 14.9. The Hall–Kier alpha value is -0.550. The van der Waals surface area contributed by atoms with Crippen LogP contribution >= 0.6 is 23.1 Å². The third-order valence-electron chi connectivity index (χ3n) is 3.10. The van der Waals surface area contributed by atoms with Crippen LogP contribution in [0.5, 0.6) is 0 Å². The molecule has 104 valence electrons. The molecule has 19 heavy (non-hydrogen) atoms. The van der Waals surface area contributed by atoms with Crippen molar-refractivity contribution in [3.63, 3.8) is 0 Å². The maximum absolute atomic E-state index is 12.2. The molecule has 1 aromatic rings. The standard InChI is InChI=1S/C12H16N2O2S3/c1-2-17-11-5-3-4-10(11)14-19(15,16)12-7-6-9(8-13)18-12/h6-7,10-11,14H,2-5H2,1H3. The summed E-state index contributed by atoms with van der Waals surface area (Å²) in [6.07, 6.45) is 3.03. The summed E-state index contributed by atoms with van der Waals surface area (Å²) in [5.41, 5.74) is 0. The van der Waals surface area contributed by atoms with E-state index in [-0.39, 0.29) is 10.3 Å². The van der Waals surface area contributed by atoms with Crippen molar-refractivity contribution in [2.24, 2.45) is 0 Å². The van der Waals surface area contributed by atoms with Crippen LogP contribution in [0, 0.1) is 11.3 Å². The fourth-order valence-electron chi connectivity index (χ4n) is 2.26. The molecule has 0 bridgehead atoms. The molecule has 2 atom stereocenters. The average molecular weight is 316 g/mol. The molecule has 1 aliphatic rings. The lowest BCUT2D eigenvalue weighted by atomic mass is 10.3. The topological polar surface area (TPSA) is 70.0 Å². The summed E-state index contributed by atoms with van der Waals surface area (Å²) in [5, 5.41) is 9.13. The van der Waals surface area contributed by atoms with E-state index in [4.69, 9.17) is 5.26 Å². The number of thiophene rings is 1. The van der Waals surface area contributed by atoms with Crippen molar-refractivity contribution in [2.45, 2.75) is 41.7 Å². The van der Waals surface area contributed by atoms with Crippen molar-refractivity contribution < 1.29 is 8.42 Å². The monoisotopic (exact) mass is 316 g/mol. The van der Waals surface area contributed by atoms with Gasteiger partial charge in [0.25, 0.3) is 0 Å². The van der Waals surface area contributed by atoms with Gasteiger partial charge in [-0.15, -0.1) is 11.3 Å². The maximum atomic E-state index is 12.2. The summed E-state index contributed by atoms with van der Waals surface area (Å²) in [4.78, 5) is 0.422. The van der Waals surface area contributed by atoms with Gasteiger partial charge in [-0.3, -0.25) is 0 Å². The summed E-state index contributed by atoms with van der Waals surface area (Å²) in [6, 6.07) is 5.03. The molecule has 0 saturated heterocycles. The summed E-state index contributed by atoms with van der Waals surface area (Å²) in [5.74, 6) is 1.00. The molecular weight excluding hydrogens is 300 g/mol. The number of nitrogens with one attached hydrogen (secondary N) is 1. The van der Waals surface area contributed by atoms with Crippen molar-refractivity contribution >= 4 is 33.1 Å². The van der Waals surface area contributed by atoms with Crippen LogP contribution in [-0.2, 0) is 10.0 Å². The molecule has 7 heteroatoms. The molecular formula is C12H16N2O2S3. The minimum absolute atomic E-state index is 0.0163. The highest BCUT2D eigenvalue weighted by Crippen LogP contribution is 2.31. The zero-order chi connectivity index (χ0) is 13.9. The molecule has 1 aliphatic carbocycles. The van der Waals surface area contributed by atoms with Crippen molar-refractivity contribution in [3.8, 4) is 6.07 Å². The first-order chi connectivity index (χ1) is 9.06. The third-order valence-corrected chi connectivity index (χ3v) is 7.39. The van der Waals surface area contributed by atoms with Gasteiger partial charge >= 0.3 is 0 Å². The molecule has 1 saturated carbocycles. The number of thioether (sulfide) groups is 1. The summed E-state index contributed by atoms with van der Waals surface area (Å²) >= 11 is 2.84. The molecule has 1 aromatic heterocycles. The van der Waals surface area contributed by atoms with Gasteiger partial charge in [0.1, 0.15) is 15.2 Å². The second-order valence-electron chi connectivity index (χ2n) is 4.38. The van der Waals surface area contributed by atoms with E-state index in [9.17, 15) is 8.42 Å². The normalized spacial score (nSPS) is 23.4. The lowest BCUT2D eigenvalue weighted by molar-refractivity contribution is 0.557. The minimum atomic E-state index is -3.48. The Balaban J connectivity index is 2.11. The SMILES string of the molecule is CCSC1CCCC1NS(=O)(=O)c1ccc(C#N)s1. The number of nitriles is 1. The number of sulfonamides is 1. The Kier molecular flexibility index (Phi) is 4.90. The molecule has 0 aromatic carbocycles. The van der Waals surface area contributed by atoms with E-state index in [2.05, 4.69) is 11.6 Å². The average Bonchev–Trinajstić information content (AvgIpc) is 2.99. The minimum Gasteiger partial charge on any atom is -0.206 e. The predicted molar refractivity (Wildman–Crippen MR) is 78.9 cm³/mol. The number of rotatable bonds is 5. The highest BCUT2D eigenvalue weighted by atomic mass is 32.2. The first-order valence-corrected chi connectivity index (χ1v) is 9.55. The Labute approximate surface area is 122 Å². The van der Waals surface area contributed by atoms with E-state index in [1.807, 2.05) is 17.8 Å². The van der Waals surface area contributed by atoms with E-state index < -0.39 is 10.0 Å². The molecule has 2 unspecified atom stereocenters. The zero-order valence-electron chi connectivity index (χ0n) is 10.6. The zero-order valence-corrected chi connectivity index (χ0v) is 13.1. The van der Waals surface area contributed by atoms with Gasteiger partial charge in [-0.05, 0) is 30.7 Å². The van der Waals surface area contributed by atoms with E-state index in [1.54, 1.807) is 6.07 Å². The highest BCUT2D eigenvalue weighted by molar-refractivity contribution is 8.00. The molecule has 0 radical (unpaired) electrons. The fraction of sp³-hybridized carbons (Fsp3) is 0.583. The Morgan fingerprint density at radius 3 is 2.95 bits per heavy atom. The van der Waals surface area contributed by atoms with Crippen LogP contribution in [0.1, 0.15) is 31.1 Å². The van der Waals surface area contributed by atoms with Crippen LogP contribution in [0.2, 0.25) is 0 Å². The van der Waals surface area contributed by atoms with Gasteiger partial charge < -0.3 is 0 Å². The van der Waals surface area contributed by atoms with Gasteiger partial charge in [0, 0.05) is 11.3 Å². The Morgan fingerprint density at radius 1 is 1.53 bits per heavy atom. The molecule has 4 nitrogen and oxygen atoms in total. The van der Waals surface area contributed by atoms with E-state index in [1.165, 1.54) is 6.07 Å². The first-order valence-electron chi connectivity index (χ1n) is 6.20. The lowest BCUT2D eigenvalue weighted by Crippen LogP contribution is -2.38. The number of nitrogens with zero attached hydrogens (tertiary/aromatic N) is 1. The molecule has 2 rings (SSSR count). The predicted octanol–water partition coefficient (Wildman–Crippen LogP) is 2.57. The molecule has 1 fully saturated rings. The third kappa shape index (κ3) is 3.51. The quantitative estimate of drug-likeness (QED) is 0.906. The van der Waals surface area contributed by atoms with Gasteiger partial charge in [0.05, 0.1) is 0 Å². The molecule has 1 N–H and O–H groups in total. The van der Waals surface area contributed by atoms with Crippen molar-refractivity contribution in [1.29, 1.82) is 5.26 Å². The second-order valence-corrected chi connectivity index (χ2v) is 8.92. The summed E-state index contributed by atoms with van der Waals surface area (Å²) < 4.78 is 27.5. The second kappa shape index (κ2) is 6.27. The van der Waals surface area contributed by atoms with E-state index >= 15 is 0 Å². The Morgan fingerprint density at radius 2 is 2.32 bits per heavy atom. The largest absolute Gasteiger partial charge is 0.250 e. The fourth-order valence-corrected chi connectivity index (χ4v) is 5.97. The highest BCUT2D eigenvalue weighted by Gasteiger charge is 2.31. The Bertz CT molecular complexity index is 574. The van der Waals surface area contributed by atoms with Crippen LogP contribution in [0.3, 0.4) is 0 Å². The number of hydrogen-bond acceptors (Lipinski definition) is 5. The molecule has 0 spiro atoms. The van der Waals surface area contributed by atoms with Crippen molar-refractivity contribution in [2.75, 3.05) is 5.75 Å². The maximum Gasteiger partial charge on any atom is 0.250 e. The van der Waals surface area contributed by atoms with Crippen LogP contribution in [0.15, 0.2) is 16.3 Å². The van der Waals surface area contributed by atoms with E-state index in [0.29, 0.717) is 10.1 Å². The molecule has 1 heterocycles. The van der Waals surface area contributed by atoms with Gasteiger partial charge in [-0.2, -0.15) is 17.0 Å². The number of hydrogen-bond donors (Lipinski definition) is 1.